The number of esters is 1. The Morgan fingerprint density at radius 2 is 2.06 bits per heavy atom. The number of nitrogens with zero attached hydrogens (tertiary/aromatic N) is 3. The number of hydrogen-bond acceptors (Lipinski definition) is 5. The van der Waals surface area contributed by atoms with E-state index in [1.54, 1.807) is 0 Å². The topological polar surface area (TPSA) is 56.6 Å². The summed E-state index contributed by atoms with van der Waals surface area (Å²) in [6.07, 6.45) is 2.23. The van der Waals surface area contributed by atoms with Gasteiger partial charge in [-0.05, 0) is 19.4 Å². The van der Waals surface area contributed by atoms with Crippen LogP contribution < -0.4 is 0 Å². The van der Waals surface area contributed by atoms with Gasteiger partial charge in [0, 0.05) is 32.6 Å². The van der Waals surface area contributed by atoms with E-state index in [-0.39, 0.29) is 12.0 Å². The van der Waals surface area contributed by atoms with E-state index in [1.807, 2.05) is 0 Å². The van der Waals surface area contributed by atoms with Crippen LogP contribution in [0.1, 0.15) is 26.2 Å². The zero-order chi connectivity index (χ0) is 13.4. The SMILES string of the molecule is CCC(C#N)N1CCN(CCCC(=O)OC)CC1. The highest BCUT2D eigenvalue weighted by Gasteiger charge is 2.22. The summed E-state index contributed by atoms with van der Waals surface area (Å²) >= 11 is 0. The van der Waals surface area contributed by atoms with E-state index in [0.717, 1.165) is 45.6 Å². The van der Waals surface area contributed by atoms with Gasteiger partial charge >= 0.3 is 5.97 Å². The lowest BCUT2D eigenvalue weighted by Crippen LogP contribution is -2.50. The van der Waals surface area contributed by atoms with Crippen LogP contribution in [0.2, 0.25) is 0 Å². The molecule has 1 aliphatic rings. The summed E-state index contributed by atoms with van der Waals surface area (Å²) in [6.45, 7) is 6.86. The molecule has 1 aliphatic heterocycles. The number of piperazine rings is 1. The maximum absolute atomic E-state index is 11.0. The predicted molar refractivity (Wildman–Crippen MR) is 69.0 cm³/mol. The Bertz CT molecular complexity index is 293. The van der Waals surface area contributed by atoms with Crippen LogP contribution in [0.5, 0.6) is 0 Å². The molecule has 1 unspecified atom stereocenters. The van der Waals surface area contributed by atoms with Crippen molar-refractivity contribution in [2.24, 2.45) is 0 Å². The second-order valence-electron chi connectivity index (χ2n) is 4.61. The van der Waals surface area contributed by atoms with E-state index in [9.17, 15) is 4.79 Å². The zero-order valence-electron chi connectivity index (χ0n) is 11.4. The van der Waals surface area contributed by atoms with Crippen molar-refractivity contribution in [1.82, 2.24) is 9.80 Å². The lowest BCUT2D eigenvalue weighted by Gasteiger charge is -2.36. The average Bonchev–Trinajstić information content (AvgIpc) is 2.41. The van der Waals surface area contributed by atoms with Crippen LogP contribution in [0.3, 0.4) is 0 Å². The van der Waals surface area contributed by atoms with Gasteiger partial charge in [-0.3, -0.25) is 9.69 Å². The molecule has 1 heterocycles. The van der Waals surface area contributed by atoms with Crippen LogP contribution in [-0.4, -0.2) is 61.6 Å². The van der Waals surface area contributed by atoms with Crippen LogP contribution in [-0.2, 0) is 9.53 Å². The molecule has 1 atom stereocenters. The Labute approximate surface area is 109 Å². The van der Waals surface area contributed by atoms with Gasteiger partial charge in [-0.2, -0.15) is 5.26 Å². The van der Waals surface area contributed by atoms with E-state index in [1.165, 1.54) is 7.11 Å². The molecule has 0 aromatic heterocycles. The molecule has 0 amide bonds. The van der Waals surface area contributed by atoms with Crippen molar-refractivity contribution in [3.63, 3.8) is 0 Å². The molecule has 1 saturated heterocycles. The number of hydrogen-bond donors (Lipinski definition) is 0. The molecule has 1 fully saturated rings. The minimum Gasteiger partial charge on any atom is -0.469 e. The van der Waals surface area contributed by atoms with Gasteiger partial charge in [0.05, 0.1) is 19.2 Å². The first kappa shape index (κ1) is 14.9. The van der Waals surface area contributed by atoms with Crippen molar-refractivity contribution in [3.8, 4) is 6.07 Å². The van der Waals surface area contributed by atoms with Gasteiger partial charge in [-0.25, -0.2) is 0 Å². The standard InChI is InChI=1S/C13H23N3O2/c1-3-12(11-14)16-9-7-15(8-10-16)6-4-5-13(17)18-2/h12H,3-10H2,1-2H3. The predicted octanol–water partition coefficient (Wildman–Crippen LogP) is 0.859. The van der Waals surface area contributed by atoms with Gasteiger partial charge in [0.15, 0.2) is 0 Å². The van der Waals surface area contributed by atoms with E-state index in [0.29, 0.717) is 6.42 Å². The van der Waals surface area contributed by atoms with Crippen molar-refractivity contribution in [2.45, 2.75) is 32.2 Å². The Balaban J connectivity index is 2.19. The number of ether oxygens (including phenoxy) is 1. The third-order valence-corrected chi connectivity index (χ3v) is 3.47. The molecule has 5 heteroatoms. The van der Waals surface area contributed by atoms with Crippen molar-refractivity contribution in [1.29, 1.82) is 5.26 Å². The molecule has 0 aliphatic carbocycles. The molecule has 5 nitrogen and oxygen atoms in total. The molecule has 0 bridgehead atoms. The first-order valence-corrected chi connectivity index (χ1v) is 6.64. The quantitative estimate of drug-likeness (QED) is 0.657. The second kappa shape index (κ2) is 8.06. The summed E-state index contributed by atoms with van der Waals surface area (Å²) in [5.41, 5.74) is 0. The maximum atomic E-state index is 11.0. The molecule has 0 saturated carbocycles. The number of methoxy groups -OCH3 is 1. The molecule has 0 aromatic carbocycles. The first-order chi connectivity index (χ1) is 8.71. The lowest BCUT2D eigenvalue weighted by molar-refractivity contribution is -0.140. The Hall–Kier alpha value is -1.12. The third kappa shape index (κ3) is 4.63. The molecular formula is C13H23N3O2. The van der Waals surface area contributed by atoms with Gasteiger partial charge in [0.1, 0.15) is 0 Å². The highest BCUT2D eigenvalue weighted by Crippen LogP contribution is 2.09. The molecule has 102 valence electrons. The van der Waals surface area contributed by atoms with Gasteiger partial charge in [0.25, 0.3) is 0 Å². The largest absolute Gasteiger partial charge is 0.469 e. The van der Waals surface area contributed by atoms with Crippen molar-refractivity contribution < 1.29 is 9.53 Å². The second-order valence-corrected chi connectivity index (χ2v) is 4.61. The average molecular weight is 253 g/mol. The van der Waals surface area contributed by atoms with Crippen LogP contribution >= 0.6 is 0 Å². The van der Waals surface area contributed by atoms with Crippen LogP contribution in [0.15, 0.2) is 0 Å². The van der Waals surface area contributed by atoms with Crippen LogP contribution in [0.4, 0.5) is 0 Å². The fourth-order valence-electron chi connectivity index (χ4n) is 2.28. The van der Waals surface area contributed by atoms with E-state index >= 15 is 0 Å². The van der Waals surface area contributed by atoms with Gasteiger partial charge in [-0.1, -0.05) is 6.92 Å². The molecular weight excluding hydrogens is 230 g/mol. The maximum Gasteiger partial charge on any atom is 0.305 e. The number of nitriles is 1. The minimum atomic E-state index is -0.135. The van der Waals surface area contributed by atoms with Crippen LogP contribution in [0, 0.1) is 11.3 Å². The summed E-state index contributed by atoms with van der Waals surface area (Å²) < 4.78 is 4.62. The molecule has 0 spiro atoms. The molecule has 0 N–H and O–H groups in total. The summed E-state index contributed by atoms with van der Waals surface area (Å²) in [5, 5.41) is 9.02. The van der Waals surface area contributed by atoms with E-state index in [2.05, 4.69) is 27.5 Å². The van der Waals surface area contributed by atoms with Gasteiger partial charge in [0.2, 0.25) is 0 Å². The monoisotopic (exact) mass is 253 g/mol. The van der Waals surface area contributed by atoms with E-state index in [4.69, 9.17) is 5.26 Å². The van der Waals surface area contributed by atoms with Gasteiger partial charge in [-0.15, -0.1) is 0 Å². The normalized spacial score (nSPS) is 19.2. The Morgan fingerprint density at radius 3 is 2.56 bits per heavy atom. The summed E-state index contributed by atoms with van der Waals surface area (Å²) in [5.74, 6) is -0.135. The number of carbonyl (C=O) groups is 1. The van der Waals surface area contributed by atoms with Gasteiger partial charge < -0.3 is 9.64 Å². The molecule has 18 heavy (non-hydrogen) atoms. The fourth-order valence-corrected chi connectivity index (χ4v) is 2.28. The Morgan fingerprint density at radius 1 is 1.39 bits per heavy atom. The van der Waals surface area contributed by atoms with E-state index < -0.39 is 0 Å². The smallest absolute Gasteiger partial charge is 0.305 e. The minimum absolute atomic E-state index is 0.0576. The zero-order valence-corrected chi connectivity index (χ0v) is 11.4. The van der Waals surface area contributed by atoms with Crippen molar-refractivity contribution >= 4 is 5.97 Å². The van der Waals surface area contributed by atoms with Crippen molar-refractivity contribution in [2.75, 3.05) is 39.8 Å². The Kier molecular flexibility index (Phi) is 6.69. The lowest BCUT2D eigenvalue weighted by atomic mass is 10.1. The van der Waals surface area contributed by atoms with Crippen molar-refractivity contribution in [3.05, 3.63) is 0 Å². The number of rotatable bonds is 6. The highest BCUT2D eigenvalue weighted by atomic mass is 16.5. The fraction of sp³-hybridized carbons (Fsp3) is 0.846. The third-order valence-electron chi connectivity index (χ3n) is 3.47. The van der Waals surface area contributed by atoms with Crippen LogP contribution in [0.25, 0.3) is 0 Å². The highest BCUT2D eigenvalue weighted by molar-refractivity contribution is 5.69. The summed E-state index contributed by atoms with van der Waals surface area (Å²) in [7, 11) is 1.42. The molecule has 0 radical (unpaired) electrons. The first-order valence-electron chi connectivity index (χ1n) is 6.64. The number of carbonyl (C=O) groups excluding carboxylic acids is 1. The summed E-state index contributed by atoms with van der Waals surface area (Å²) in [6, 6.07) is 2.41. The summed E-state index contributed by atoms with van der Waals surface area (Å²) in [4.78, 5) is 15.6. The molecule has 1 rings (SSSR count). The molecule has 0 aromatic rings.